The molecule has 5 N–H and O–H groups in total. The van der Waals surface area contributed by atoms with E-state index in [1.807, 2.05) is 0 Å². The number of anilines is 1. The van der Waals surface area contributed by atoms with Crippen molar-refractivity contribution >= 4 is 27.6 Å². The number of nitrogen functional groups attached to an aromatic ring is 1. The molecule has 0 saturated heterocycles. The molecule has 10 heteroatoms. The number of H-pyrrole nitrogens is 1. The summed E-state index contributed by atoms with van der Waals surface area (Å²) in [7, 11) is 0. The minimum absolute atomic E-state index is 0.0560. The van der Waals surface area contributed by atoms with Crippen LogP contribution in [0.2, 0.25) is 0 Å². The molecule has 4 heterocycles. The fourth-order valence-corrected chi connectivity index (χ4v) is 3.62. The third-order valence-electron chi connectivity index (χ3n) is 4.92. The summed E-state index contributed by atoms with van der Waals surface area (Å²) >= 11 is 0. The number of aromatic amines is 1. The Morgan fingerprint density at radius 1 is 1.28 bits per heavy atom. The second-order valence-electron chi connectivity index (χ2n) is 6.93. The monoisotopic (exact) mass is 395 g/mol. The van der Waals surface area contributed by atoms with Gasteiger partial charge in [-0.3, -0.25) is 0 Å². The van der Waals surface area contributed by atoms with Crippen LogP contribution in [-0.2, 0) is 6.42 Å². The van der Waals surface area contributed by atoms with Crippen LogP contribution >= 0.6 is 0 Å². The summed E-state index contributed by atoms with van der Waals surface area (Å²) in [6, 6.07) is 1.37. The zero-order valence-corrected chi connectivity index (χ0v) is 15.6. The number of ether oxygens (including phenoxy) is 2. The van der Waals surface area contributed by atoms with Gasteiger partial charge in [-0.1, -0.05) is 0 Å². The van der Waals surface area contributed by atoms with Gasteiger partial charge in [0.05, 0.1) is 29.0 Å². The Morgan fingerprint density at radius 3 is 2.83 bits per heavy atom. The maximum absolute atomic E-state index is 14.7. The first-order chi connectivity index (χ1) is 14.0. The molecule has 0 radical (unpaired) electrons. The van der Waals surface area contributed by atoms with Crippen LogP contribution in [-0.4, -0.2) is 37.6 Å². The molecule has 0 fully saturated rings. The van der Waals surface area contributed by atoms with E-state index in [0.29, 0.717) is 64.3 Å². The van der Waals surface area contributed by atoms with Crippen LogP contribution in [0.3, 0.4) is 0 Å². The van der Waals surface area contributed by atoms with E-state index in [4.69, 9.17) is 20.9 Å². The van der Waals surface area contributed by atoms with Crippen molar-refractivity contribution in [3.05, 3.63) is 35.7 Å². The van der Waals surface area contributed by atoms with E-state index < -0.39 is 0 Å². The van der Waals surface area contributed by atoms with Gasteiger partial charge in [-0.25, -0.2) is 14.4 Å². The van der Waals surface area contributed by atoms with Crippen molar-refractivity contribution in [1.82, 2.24) is 24.9 Å². The summed E-state index contributed by atoms with van der Waals surface area (Å²) in [5, 5.41) is 1.21. The fraction of sp³-hybridized carbons (Fsp3) is 0.263. The lowest BCUT2D eigenvalue weighted by atomic mass is 10.00. The molecule has 1 aliphatic heterocycles. The molecule has 0 bridgehead atoms. The molecule has 29 heavy (non-hydrogen) atoms. The van der Waals surface area contributed by atoms with Gasteiger partial charge in [-0.2, -0.15) is 9.97 Å². The summed E-state index contributed by atoms with van der Waals surface area (Å²) in [6.45, 7) is 2.18. The number of nitrogens with zero attached hydrogens (tertiary/aromatic N) is 4. The molecule has 1 aromatic carbocycles. The number of aromatic nitrogens is 5. The van der Waals surface area contributed by atoms with Crippen LogP contribution < -0.4 is 20.9 Å². The maximum Gasteiger partial charge on any atom is 0.327 e. The molecule has 9 nitrogen and oxygen atoms in total. The molecular weight excluding hydrogens is 377 g/mol. The fourth-order valence-electron chi connectivity index (χ4n) is 3.62. The van der Waals surface area contributed by atoms with Crippen LogP contribution in [0.15, 0.2) is 18.5 Å². The summed E-state index contributed by atoms with van der Waals surface area (Å²) < 4.78 is 26.6. The Hall–Kier alpha value is -3.53. The quantitative estimate of drug-likeness (QED) is 0.448. The Balaban J connectivity index is 1.71. The molecule has 148 valence electrons. The van der Waals surface area contributed by atoms with Gasteiger partial charge >= 0.3 is 6.01 Å². The molecule has 1 atom stereocenters. The number of aryl methyl sites for hydroxylation is 1. The van der Waals surface area contributed by atoms with Crippen molar-refractivity contribution in [1.29, 1.82) is 0 Å². The SMILES string of the molecule is Cc1ncc(Oc2nc3c4c(n2)[nH]c2c(N)cc(F)c(c24)CC(CCN)O3)cn1. The standard InChI is InChI=1S/C19H18FN7O2/c1-8-23-6-10(7-24-8)29-19-26-17-15-14-11(12(20)5-13(22)16(14)25-17)4-9(2-3-21)28-18(15)27-19/h5-7,9H,2-4,21-22H2,1H3,(H,25,26,27). The predicted octanol–water partition coefficient (Wildman–Crippen LogP) is 2.38. The molecule has 0 aliphatic carbocycles. The van der Waals surface area contributed by atoms with E-state index in [9.17, 15) is 4.39 Å². The van der Waals surface area contributed by atoms with Gasteiger partial charge in [0.1, 0.15) is 23.4 Å². The predicted molar refractivity (Wildman–Crippen MR) is 104 cm³/mol. The Kier molecular flexibility index (Phi) is 3.95. The number of hydrogen-bond acceptors (Lipinski definition) is 8. The van der Waals surface area contributed by atoms with Gasteiger partial charge < -0.3 is 25.9 Å². The average Bonchev–Trinajstić information content (AvgIpc) is 2.98. The number of nitrogens with one attached hydrogen (secondary N) is 1. The zero-order valence-electron chi connectivity index (χ0n) is 15.6. The largest absolute Gasteiger partial charge is 0.473 e. The number of rotatable bonds is 4. The third kappa shape index (κ3) is 2.88. The van der Waals surface area contributed by atoms with Crippen molar-refractivity contribution in [2.45, 2.75) is 25.9 Å². The normalized spacial score (nSPS) is 15.6. The number of halogens is 1. The van der Waals surface area contributed by atoms with Crippen LogP contribution in [0.5, 0.6) is 17.6 Å². The number of nitrogens with two attached hydrogens (primary N) is 2. The smallest absolute Gasteiger partial charge is 0.327 e. The highest BCUT2D eigenvalue weighted by molar-refractivity contribution is 6.13. The Labute approximate surface area is 164 Å². The van der Waals surface area contributed by atoms with Crippen molar-refractivity contribution < 1.29 is 13.9 Å². The van der Waals surface area contributed by atoms with Gasteiger partial charge in [0.2, 0.25) is 5.88 Å². The minimum atomic E-state index is -0.383. The van der Waals surface area contributed by atoms with E-state index in [1.165, 1.54) is 18.5 Å². The first-order valence-electron chi connectivity index (χ1n) is 9.17. The second-order valence-corrected chi connectivity index (χ2v) is 6.93. The van der Waals surface area contributed by atoms with Crippen molar-refractivity contribution in [3.8, 4) is 17.6 Å². The van der Waals surface area contributed by atoms with E-state index in [-0.39, 0.29) is 23.6 Å². The van der Waals surface area contributed by atoms with Gasteiger partial charge in [0, 0.05) is 17.4 Å². The highest BCUT2D eigenvalue weighted by Gasteiger charge is 2.28. The highest BCUT2D eigenvalue weighted by atomic mass is 19.1. The molecule has 4 aromatic rings. The average molecular weight is 395 g/mol. The summed E-state index contributed by atoms with van der Waals surface area (Å²) in [5.41, 5.74) is 13.6. The van der Waals surface area contributed by atoms with Crippen LogP contribution in [0.25, 0.3) is 21.9 Å². The van der Waals surface area contributed by atoms with Gasteiger partial charge in [0.15, 0.2) is 5.75 Å². The molecule has 0 amide bonds. The minimum Gasteiger partial charge on any atom is -0.473 e. The second kappa shape index (κ2) is 6.52. The molecular formula is C19H18FN7O2. The molecule has 1 unspecified atom stereocenters. The Bertz CT molecular complexity index is 1240. The lowest BCUT2D eigenvalue weighted by Gasteiger charge is -2.17. The van der Waals surface area contributed by atoms with E-state index in [1.54, 1.807) is 6.92 Å². The molecule has 0 saturated carbocycles. The van der Waals surface area contributed by atoms with Crippen LogP contribution in [0.1, 0.15) is 17.8 Å². The van der Waals surface area contributed by atoms with Crippen LogP contribution in [0, 0.1) is 12.7 Å². The first kappa shape index (κ1) is 17.6. The zero-order chi connectivity index (χ0) is 20.1. The summed E-state index contributed by atoms with van der Waals surface area (Å²) in [4.78, 5) is 20.2. The van der Waals surface area contributed by atoms with Crippen molar-refractivity contribution in [3.63, 3.8) is 0 Å². The van der Waals surface area contributed by atoms with Gasteiger partial charge in [0.25, 0.3) is 0 Å². The number of benzene rings is 1. The van der Waals surface area contributed by atoms with Crippen molar-refractivity contribution in [2.24, 2.45) is 5.73 Å². The van der Waals surface area contributed by atoms with E-state index in [0.717, 1.165) is 0 Å². The third-order valence-corrected chi connectivity index (χ3v) is 4.92. The van der Waals surface area contributed by atoms with Crippen LogP contribution in [0.4, 0.5) is 10.1 Å². The Morgan fingerprint density at radius 2 is 2.07 bits per heavy atom. The van der Waals surface area contributed by atoms with Gasteiger partial charge in [-0.05, 0) is 26.0 Å². The lowest BCUT2D eigenvalue weighted by Crippen LogP contribution is -2.23. The topological polar surface area (TPSA) is 138 Å². The molecule has 5 rings (SSSR count). The maximum atomic E-state index is 14.7. The molecule has 1 aliphatic rings. The summed E-state index contributed by atoms with van der Waals surface area (Å²) in [6.07, 6.45) is 3.63. The highest BCUT2D eigenvalue weighted by Crippen LogP contribution is 2.41. The van der Waals surface area contributed by atoms with Crippen molar-refractivity contribution in [2.75, 3.05) is 12.3 Å². The first-order valence-corrected chi connectivity index (χ1v) is 9.17. The van der Waals surface area contributed by atoms with E-state index in [2.05, 4.69) is 24.9 Å². The van der Waals surface area contributed by atoms with E-state index >= 15 is 0 Å². The number of hydrogen-bond donors (Lipinski definition) is 3. The van der Waals surface area contributed by atoms with Gasteiger partial charge in [-0.15, -0.1) is 0 Å². The molecule has 0 spiro atoms. The summed E-state index contributed by atoms with van der Waals surface area (Å²) in [5.74, 6) is 0.920. The lowest BCUT2D eigenvalue weighted by molar-refractivity contribution is 0.188. The molecule has 3 aromatic heterocycles.